The smallest absolute Gasteiger partial charge is 0.250 e. The number of para-hydroxylation sites is 1. The summed E-state index contributed by atoms with van der Waals surface area (Å²) in [7, 11) is 3.25. The first-order chi connectivity index (χ1) is 17.1. The summed E-state index contributed by atoms with van der Waals surface area (Å²) < 4.78 is 12.4. The van der Waals surface area contributed by atoms with E-state index in [1.165, 1.54) is 11.8 Å². The van der Waals surface area contributed by atoms with Gasteiger partial charge < -0.3 is 9.47 Å². The molecule has 0 unspecified atom stereocenters. The highest BCUT2D eigenvalue weighted by atomic mass is 32.2. The van der Waals surface area contributed by atoms with Crippen LogP contribution >= 0.6 is 11.8 Å². The van der Waals surface area contributed by atoms with Crippen molar-refractivity contribution in [1.82, 2.24) is 20.2 Å². The molecule has 9 heteroatoms. The maximum absolute atomic E-state index is 12.5. The van der Waals surface area contributed by atoms with Gasteiger partial charge in [-0.05, 0) is 73.2 Å². The lowest BCUT2D eigenvalue weighted by molar-refractivity contribution is -0.118. The molecule has 1 aromatic heterocycles. The molecule has 0 bridgehead atoms. The molecule has 0 aliphatic heterocycles. The number of hydrogen-bond acceptors (Lipinski definition) is 7. The van der Waals surface area contributed by atoms with Crippen LogP contribution in [0.15, 0.2) is 89.1 Å². The maximum Gasteiger partial charge on any atom is 0.250 e. The minimum atomic E-state index is -0.239. The lowest BCUT2D eigenvalue weighted by Gasteiger charge is -2.10. The number of methoxy groups -OCH3 is 2. The number of amides is 1. The minimum Gasteiger partial charge on any atom is -0.497 e. The molecule has 1 heterocycles. The molecule has 35 heavy (non-hydrogen) atoms. The predicted molar refractivity (Wildman–Crippen MR) is 137 cm³/mol. The van der Waals surface area contributed by atoms with Crippen LogP contribution in [0.5, 0.6) is 11.5 Å². The molecule has 8 nitrogen and oxygen atoms in total. The van der Waals surface area contributed by atoms with Gasteiger partial charge in [0.1, 0.15) is 11.5 Å². The average molecular weight is 488 g/mol. The standard InChI is InChI=1S/C26H25N5O3S/c1-18(19-9-13-22(33-2)14-10-19)27-28-24(32)17-35-26-30-29-25(20-11-15-23(34-3)16-12-20)31(26)21-7-5-4-6-8-21/h4-16H,17H2,1-3H3,(H,28,32). The van der Waals surface area contributed by atoms with Crippen molar-refractivity contribution in [3.8, 4) is 28.6 Å². The van der Waals surface area contributed by atoms with Crippen molar-refractivity contribution in [1.29, 1.82) is 0 Å². The van der Waals surface area contributed by atoms with Gasteiger partial charge in [-0.2, -0.15) is 5.10 Å². The molecule has 0 spiro atoms. The fraction of sp³-hybridized carbons (Fsp3) is 0.154. The van der Waals surface area contributed by atoms with Gasteiger partial charge in [0.2, 0.25) is 0 Å². The van der Waals surface area contributed by atoms with Gasteiger partial charge in [-0.25, -0.2) is 5.43 Å². The zero-order chi connectivity index (χ0) is 24.6. The molecule has 0 atom stereocenters. The Bertz CT molecular complexity index is 1300. The predicted octanol–water partition coefficient (Wildman–Crippen LogP) is 4.58. The Labute approximate surface area is 208 Å². The van der Waals surface area contributed by atoms with Crippen molar-refractivity contribution in [3.05, 3.63) is 84.4 Å². The van der Waals surface area contributed by atoms with Crippen molar-refractivity contribution < 1.29 is 14.3 Å². The van der Waals surface area contributed by atoms with E-state index in [2.05, 4.69) is 20.7 Å². The molecule has 4 aromatic rings. The second-order valence-electron chi connectivity index (χ2n) is 7.46. The molecule has 0 saturated heterocycles. The van der Waals surface area contributed by atoms with E-state index in [1.807, 2.05) is 90.4 Å². The van der Waals surface area contributed by atoms with Gasteiger partial charge >= 0.3 is 0 Å². The summed E-state index contributed by atoms with van der Waals surface area (Å²) in [5.74, 6) is 2.09. The number of nitrogens with one attached hydrogen (secondary N) is 1. The van der Waals surface area contributed by atoms with Crippen LogP contribution in [0, 0.1) is 0 Å². The first-order valence-electron chi connectivity index (χ1n) is 10.8. The van der Waals surface area contributed by atoms with Crippen LogP contribution in [-0.2, 0) is 4.79 Å². The Morgan fingerprint density at radius 2 is 1.54 bits per heavy atom. The van der Waals surface area contributed by atoms with Crippen molar-refractivity contribution in [3.63, 3.8) is 0 Å². The Hall–Kier alpha value is -4.11. The number of aromatic nitrogens is 3. The van der Waals surface area contributed by atoms with Crippen LogP contribution in [-0.4, -0.2) is 46.4 Å². The Balaban J connectivity index is 1.49. The van der Waals surface area contributed by atoms with E-state index < -0.39 is 0 Å². The second kappa shape index (κ2) is 11.3. The van der Waals surface area contributed by atoms with Crippen LogP contribution in [0.2, 0.25) is 0 Å². The van der Waals surface area contributed by atoms with E-state index in [9.17, 15) is 4.79 Å². The summed E-state index contributed by atoms with van der Waals surface area (Å²) in [4.78, 5) is 12.5. The van der Waals surface area contributed by atoms with Gasteiger partial charge in [0.25, 0.3) is 5.91 Å². The summed E-state index contributed by atoms with van der Waals surface area (Å²) in [5.41, 5.74) is 6.00. The lowest BCUT2D eigenvalue weighted by Crippen LogP contribution is -2.21. The number of carbonyl (C=O) groups is 1. The quantitative estimate of drug-likeness (QED) is 0.211. The highest BCUT2D eigenvalue weighted by Gasteiger charge is 2.17. The number of nitrogens with zero attached hydrogens (tertiary/aromatic N) is 4. The molecule has 0 aliphatic rings. The minimum absolute atomic E-state index is 0.132. The maximum atomic E-state index is 12.5. The summed E-state index contributed by atoms with van der Waals surface area (Å²) in [6, 6.07) is 24.9. The summed E-state index contributed by atoms with van der Waals surface area (Å²) >= 11 is 1.29. The number of benzene rings is 3. The van der Waals surface area contributed by atoms with Gasteiger partial charge in [0, 0.05) is 11.3 Å². The van der Waals surface area contributed by atoms with Crippen LogP contribution < -0.4 is 14.9 Å². The summed E-state index contributed by atoms with van der Waals surface area (Å²) in [5, 5.41) is 13.6. The first-order valence-corrected chi connectivity index (χ1v) is 11.8. The number of hydrazone groups is 1. The molecule has 0 fully saturated rings. The Morgan fingerprint density at radius 1 is 0.914 bits per heavy atom. The zero-order valence-corrected chi connectivity index (χ0v) is 20.5. The Morgan fingerprint density at radius 3 is 2.17 bits per heavy atom. The van der Waals surface area contributed by atoms with E-state index in [-0.39, 0.29) is 11.7 Å². The first kappa shape index (κ1) is 24.0. The average Bonchev–Trinajstić information content (AvgIpc) is 3.35. The molecule has 4 rings (SSSR count). The van der Waals surface area contributed by atoms with Gasteiger partial charge in [-0.3, -0.25) is 9.36 Å². The van der Waals surface area contributed by atoms with E-state index in [1.54, 1.807) is 14.2 Å². The molecule has 3 aromatic carbocycles. The number of ether oxygens (including phenoxy) is 2. The molecule has 0 saturated carbocycles. The summed E-state index contributed by atoms with van der Waals surface area (Å²) in [6.07, 6.45) is 0. The highest BCUT2D eigenvalue weighted by molar-refractivity contribution is 7.99. The van der Waals surface area contributed by atoms with Crippen LogP contribution in [0.3, 0.4) is 0 Å². The van der Waals surface area contributed by atoms with E-state index in [0.29, 0.717) is 16.7 Å². The Kier molecular flexibility index (Phi) is 7.79. The van der Waals surface area contributed by atoms with Crippen molar-refractivity contribution >= 4 is 23.4 Å². The fourth-order valence-electron chi connectivity index (χ4n) is 3.31. The van der Waals surface area contributed by atoms with Crippen molar-refractivity contribution in [2.75, 3.05) is 20.0 Å². The number of carbonyl (C=O) groups excluding carboxylic acids is 1. The molecule has 1 amide bonds. The molecule has 0 radical (unpaired) electrons. The van der Waals surface area contributed by atoms with Crippen LogP contribution in [0.1, 0.15) is 12.5 Å². The second-order valence-corrected chi connectivity index (χ2v) is 8.40. The van der Waals surface area contributed by atoms with Gasteiger partial charge in [0.15, 0.2) is 11.0 Å². The fourth-order valence-corrected chi connectivity index (χ4v) is 4.05. The molecule has 0 aliphatic carbocycles. The van der Waals surface area contributed by atoms with E-state index >= 15 is 0 Å². The number of thioether (sulfide) groups is 1. The van der Waals surface area contributed by atoms with Gasteiger partial charge in [0.05, 0.1) is 25.7 Å². The van der Waals surface area contributed by atoms with Gasteiger partial charge in [-0.1, -0.05) is 30.0 Å². The monoisotopic (exact) mass is 487 g/mol. The van der Waals surface area contributed by atoms with Gasteiger partial charge in [-0.15, -0.1) is 10.2 Å². The van der Waals surface area contributed by atoms with Crippen molar-refractivity contribution in [2.24, 2.45) is 5.10 Å². The van der Waals surface area contributed by atoms with E-state index in [0.717, 1.165) is 28.3 Å². The SMILES string of the molecule is COc1ccc(C(C)=NNC(=O)CSc2nnc(-c3ccc(OC)cc3)n2-c2ccccc2)cc1. The third-order valence-electron chi connectivity index (χ3n) is 5.18. The highest BCUT2D eigenvalue weighted by Crippen LogP contribution is 2.29. The lowest BCUT2D eigenvalue weighted by atomic mass is 10.1. The number of hydrogen-bond donors (Lipinski definition) is 1. The third-order valence-corrected chi connectivity index (χ3v) is 6.11. The van der Waals surface area contributed by atoms with Crippen molar-refractivity contribution in [2.45, 2.75) is 12.1 Å². The largest absolute Gasteiger partial charge is 0.497 e. The molecular weight excluding hydrogens is 462 g/mol. The van der Waals surface area contributed by atoms with Crippen LogP contribution in [0.25, 0.3) is 17.1 Å². The van der Waals surface area contributed by atoms with E-state index in [4.69, 9.17) is 9.47 Å². The molecular formula is C26H25N5O3S. The molecule has 178 valence electrons. The van der Waals surface area contributed by atoms with Crippen LogP contribution in [0.4, 0.5) is 0 Å². The molecule has 1 N–H and O–H groups in total. The summed E-state index contributed by atoms with van der Waals surface area (Å²) in [6.45, 7) is 1.84. The normalized spacial score (nSPS) is 11.2. The zero-order valence-electron chi connectivity index (χ0n) is 19.6. The topological polar surface area (TPSA) is 90.6 Å². The third kappa shape index (κ3) is 5.88. The number of rotatable bonds is 9.